The molecule has 0 aromatic carbocycles. The van der Waals surface area contributed by atoms with Gasteiger partial charge in [-0.15, -0.1) is 4.79 Å². The summed E-state index contributed by atoms with van der Waals surface area (Å²) in [6.07, 6.45) is 1.07. The van der Waals surface area contributed by atoms with E-state index in [0.717, 1.165) is 6.20 Å². The molecule has 2 aromatic heterocycles. The Morgan fingerprint density at radius 3 is 3.00 bits per heavy atom. The molecule has 6 heteroatoms. The highest BCUT2D eigenvalue weighted by Crippen LogP contribution is 2.19. The Kier molecular flexibility index (Phi) is 1.73. The van der Waals surface area contributed by atoms with Gasteiger partial charge in [0.15, 0.2) is 5.52 Å². The predicted octanol–water partition coefficient (Wildman–Crippen LogP) is 1.23. The number of hydrogen-bond donors (Lipinski definition) is 0. The molecule has 0 atom stereocenters. The summed E-state index contributed by atoms with van der Waals surface area (Å²) in [5.41, 5.74) is -0.613. The minimum Gasteiger partial charge on any atom is -0.264 e. The van der Waals surface area contributed by atoms with Crippen molar-refractivity contribution in [1.82, 2.24) is 14.6 Å². The first-order chi connectivity index (χ1) is 6.11. The third-order valence-electron chi connectivity index (χ3n) is 1.78. The van der Waals surface area contributed by atoms with Crippen molar-refractivity contribution >= 4 is 26.8 Å². The van der Waals surface area contributed by atoms with Gasteiger partial charge in [-0.05, 0) is 22.0 Å². The number of fused-ring (bicyclic) bond motifs is 1. The Balaban J connectivity index is 3.03. The Labute approximate surface area is 80.6 Å². The first-order valence-corrected chi connectivity index (χ1v) is 4.30. The van der Waals surface area contributed by atoms with Crippen molar-refractivity contribution in [3.63, 3.8) is 0 Å². The van der Waals surface area contributed by atoms with Gasteiger partial charge in [-0.25, -0.2) is 0 Å². The highest BCUT2D eigenvalue weighted by atomic mass is 79.9. The summed E-state index contributed by atoms with van der Waals surface area (Å²) >= 11 is 3.24. The molecule has 2 aromatic rings. The van der Waals surface area contributed by atoms with E-state index in [1.165, 1.54) is 10.7 Å². The van der Waals surface area contributed by atoms with Crippen LogP contribution >= 0.6 is 15.9 Å². The standard InChI is InChI=1S/C7H5BrFN3O/c1-11-6(8)4-2-3-12(9)7(13)5(4)10-11/h2-3H,1H3. The molecular formula is C7H5BrFN3O. The van der Waals surface area contributed by atoms with Crippen LogP contribution in [0.4, 0.5) is 4.48 Å². The monoisotopic (exact) mass is 245 g/mol. The lowest BCUT2D eigenvalue weighted by atomic mass is 10.3. The predicted molar refractivity (Wildman–Crippen MR) is 49.2 cm³/mol. The number of pyridine rings is 1. The van der Waals surface area contributed by atoms with E-state index < -0.39 is 5.56 Å². The van der Waals surface area contributed by atoms with Crippen LogP contribution in [0.25, 0.3) is 10.9 Å². The van der Waals surface area contributed by atoms with Crippen LogP contribution in [0.1, 0.15) is 0 Å². The fourth-order valence-electron chi connectivity index (χ4n) is 1.13. The van der Waals surface area contributed by atoms with Gasteiger partial charge in [0.1, 0.15) is 4.60 Å². The molecule has 68 valence electrons. The molecule has 2 heterocycles. The summed E-state index contributed by atoms with van der Waals surface area (Å²) in [6, 6.07) is 1.49. The Morgan fingerprint density at radius 2 is 2.31 bits per heavy atom. The molecule has 0 radical (unpaired) electrons. The van der Waals surface area contributed by atoms with Crippen molar-refractivity contribution in [2.75, 3.05) is 0 Å². The normalized spacial score (nSPS) is 11.0. The lowest BCUT2D eigenvalue weighted by Gasteiger charge is -1.90. The van der Waals surface area contributed by atoms with Crippen LogP contribution in [-0.2, 0) is 7.05 Å². The second kappa shape index (κ2) is 2.66. The molecule has 0 aliphatic heterocycles. The average molecular weight is 246 g/mol. The van der Waals surface area contributed by atoms with E-state index in [-0.39, 0.29) is 10.3 Å². The van der Waals surface area contributed by atoms with Crippen LogP contribution < -0.4 is 5.56 Å². The second-order valence-electron chi connectivity index (χ2n) is 2.61. The molecule has 0 unspecified atom stereocenters. The lowest BCUT2D eigenvalue weighted by molar-refractivity contribution is 0.355. The van der Waals surface area contributed by atoms with E-state index in [2.05, 4.69) is 21.0 Å². The number of hydrogen-bond acceptors (Lipinski definition) is 2. The quantitative estimate of drug-likeness (QED) is 0.701. The van der Waals surface area contributed by atoms with Gasteiger partial charge in [-0.3, -0.25) is 9.48 Å². The van der Waals surface area contributed by atoms with Gasteiger partial charge in [0.25, 0.3) is 0 Å². The Hall–Kier alpha value is -1.17. The molecule has 0 aliphatic carbocycles. The van der Waals surface area contributed by atoms with Crippen LogP contribution in [0.2, 0.25) is 0 Å². The average Bonchev–Trinajstić information content (AvgIpc) is 2.38. The number of aromatic nitrogens is 3. The van der Waals surface area contributed by atoms with Gasteiger partial charge in [0.2, 0.25) is 0 Å². The molecule has 0 N–H and O–H groups in total. The van der Waals surface area contributed by atoms with Crippen molar-refractivity contribution in [3.8, 4) is 0 Å². The number of nitrogens with zero attached hydrogens (tertiary/aromatic N) is 3. The smallest absolute Gasteiger partial charge is 0.264 e. The molecule has 0 fully saturated rings. The van der Waals surface area contributed by atoms with Crippen LogP contribution in [0, 0.1) is 0 Å². The maximum absolute atomic E-state index is 12.7. The third kappa shape index (κ3) is 1.09. The summed E-state index contributed by atoms with van der Waals surface area (Å²) < 4.78 is 14.9. The zero-order chi connectivity index (χ0) is 9.59. The molecule has 2 rings (SSSR count). The van der Waals surface area contributed by atoms with Crippen molar-refractivity contribution in [1.29, 1.82) is 0 Å². The first kappa shape index (κ1) is 8.43. The van der Waals surface area contributed by atoms with E-state index in [4.69, 9.17) is 0 Å². The Bertz CT molecular complexity index is 530. The van der Waals surface area contributed by atoms with Gasteiger partial charge in [0.05, 0.1) is 0 Å². The van der Waals surface area contributed by atoms with E-state index in [9.17, 15) is 9.28 Å². The molecule has 0 saturated heterocycles. The van der Waals surface area contributed by atoms with E-state index in [1.807, 2.05) is 0 Å². The van der Waals surface area contributed by atoms with Crippen molar-refractivity contribution < 1.29 is 4.48 Å². The molecule has 13 heavy (non-hydrogen) atoms. The molecule has 4 nitrogen and oxygen atoms in total. The van der Waals surface area contributed by atoms with Gasteiger partial charge in [0, 0.05) is 18.6 Å². The summed E-state index contributed by atoms with van der Waals surface area (Å²) in [6.45, 7) is 0. The van der Waals surface area contributed by atoms with Gasteiger partial charge in [-0.2, -0.15) is 5.10 Å². The summed E-state index contributed by atoms with van der Waals surface area (Å²) in [5, 5.41) is 4.48. The zero-order valence-corrected chi connectivity index (χ0v) is 8.25. The van der Waals surface area contributed by atoms with E-state index in [1.54, 1.807) is 7.05 Å². The maximum atomic E-state index is 12.7. The van der Waals surface area contributed by atoms with Crippen molar-refractivity contribution in [2.45, 2.75) is 0 Å². The topological polar surface area (TPSA) is 39.8 Å². The minimum atomic E-state index is -0.737. The van der Waals surface area contributed by atoms with Crippen LogP contribution in [-0.4, -0.2) is 14.6 Å². The minimum absolute atomic E-state index is 0.0156. The summed E-state index contributed by atoms with van der Waals surface area (Å²) in [4.78, 5) is 11.2. The molecule has 0 bridgehead atoms. The highest BCUT2D eigenvalue weighted by Gasteiger charge is 2.10. The SMILES string of the molecule is Cn1nc2c(=O)n(F)ccc2c1Br. The van der Waals surface area contributed by atoms with Crippen LogP contribution in [0.15, 0.2) is 21.7 Å². The van der Waals surface area contributed by atoms with Gasteiger partial charge >= 0.3 is 5.56 Å². The van der Waals surface area contributed by atoms with E-state index >= 15 is 0 Å². The number of halogens is 2. The zero-order valence-electron chi connectivity index (χ0n) is 6.66. The molecule has 0 amide bonds. The third-order valence-corrected chi connectivity index (χ3v) is 2.72. The van der Waals surface area contributed by atoms with E-state index in [0.29, 0.717) is 9.99 Å². The fourth-order valence-corrected chi connectivity index (χ4v) is 1.53. The second-order valence-corrected chi connectivity index (χ2v) is 3.36. The maximum Gasteiger partial charge on any atom is 0.306 e. The van der Waals surface area contributed by atoms with Gasteiger partial charge < -0.3 is 0 Å². The summed E-state index contributed by atoms with van der Waals surface area (Å²) in [7, 11) is 1.67. The van der Waals surface area contributed by atoms with Crippen molar-refractivity contribution in [2.24, 2.45) is 7.05 Å². The lowest BCUT2D eigenvalue weighted by Crippen LogP contribution is -2.12. The first-order valence-electron chi connectivity index (χ1n) is 3.51. The molecule has 0 saturated carbocycles. The fraction of sp³-hybridized carbons (Fsp3) is 0.143. The van der Waals surface area contributed by atoms with Gasteiger partial charge in [-0.1, -0.05) is 4.48 Å². The number of rotatable bonds is 0. The molecular weight excluding hydrogens is 241 g/mol. The molecule has 0 spiro atoms. The molecule has 0 aliphatic rings. The number of aryl methyl sites for hydroxylation is 1. The van der Waals surface area contributed by atoms with Crippen LogP contribution in [0.5, 0.6) is 0 Å². The highest BCUT2D eigenvalue weighted by molar-refractivity contribution is 9.10. The largest absolute Gasteiger partial charge is 0.306 e. The van der Waals surface area contributed by atoms with Crippen molar-refractivity contribution in [3.05, 3.63) is 27.2 Å². The Morgan fingerprint density at radius 1 is 1.62 bits per heavy atom. The van der Waals surface area contributed by atoms with Crippen LogP contribution in [0.3, 0.4) is 0 Å². The summed E-state index contributed by atoms with van der Waals surface area (Å²) in [5.74, 6) is 0.